The number of aromatic hydroxyl groups is 1. The second-order valence-electron chi connectivity index (χ2n) is 7.63. The van der Waals surface area contributed by atoms with Crippen molar-refractivity contribution in [1.29, 1.82) is 0 Å². The number of aliphatic hydroxyl groups is 1. The summed E-state index contributed by atoms with van der Waals surface area (Å²) in [7, 11) is -7.67. The third-order valence-corrected chi connectivity index (χ3v) is 7.98. The molecule has 0 amide bonds. The zero-order valence-corrected chi connectivity index (χ0v) is 19.6. The molecule has 0 unspecified atom stereocenters. The highest BCUT2D eigenvalue weighted by atomic mass is 32.2. The molecule has 0 radical (unpaired) electrons. The number of nitrogens with zero attached hydrogens (tertiary/aromatic N) is 1. The number of anilines is 1. The summed E-state index contributed by atoms with van der Waals surface area (Å²) in [4.78, 5) is 0.172. The number of rotatable bonds is 8. The van der Waals surface area contributed by atoms with Gasteiger partial charge in [0.1, 0.15) is 11.4 Å². The normalized spacial score (nSPS) is 15.1. The van der Waals surface area contributed by atoms with Crippen LogP contribution < -0.4 is 13.7 Å². The van der Waals surface area contributed by atoms with E-state index >= 15 is 0 Å². The Morgan fingerprint density at radius 1 is 0.912 bits per heavy atom. The lowest BCUT2D eigenvalue weighted by Crippen LogP contribution is -2.29. The summed E-state index contributed by atoms with van der Waals surface area (Å²) in [5, 5.41) is 19.6. The molecule has 11 heteroatoms. The Morgan fingerprint density at radius 3 is 2.21 bits per heavy atom. The van der Waals surface area contributed by atoms with Crippen LogP contribution in [0.4, 0.5) is 5.69 Å². The highest BCUT2D eigenvalue weighted by Crippen LogP contribution is 2.32. The second-order valence-corrected chi connectivity index (χ2v) is 10.9. The fraction of sp³-hybridized carbons (Fsp3) is 0.130. The molecule has 0 aromatic heterocycles. The molecular formula is C23H23N3O6S2. The van der Waals surface area contributed by atoms with Gasteiger partial charge in [-0.25, -0.2) is 22.2 Å². The SMILES string of the molecule is O=S(=O)(NCCCc1ccc(N2C=C(O)NS2(=O)=O)c(O)c1)c1ccc(-c2ccccc2)cc1. The first kappa shape index (κ1) is 23.6. The summed E-state index contributed by atoms with van der Waals surface area (Å²) >= 11 is 0. The maximum atomic E-state index is 12.6. The minimum Gasteiger partial charge on any atom is -0.506 e. The van der Waals surface area contributed by atoms with Crippen LogP contribution in [-0.4, -0.2) is 33.6 Å². The summed E-state index contributed by atoms with van der Waals surface area (Å²) in [5.74, 6) is -0.835. The van der Waals surface area contributed by atoms with E-state index in [1.54, 1.807) is 30.3 Å². The van der Waals surface area contributed by atoms with Gasteiger partial charge in [-0.1, -0.05) is 48.5 Å². The van der Waals surface area contributed by atoms with Gasteiger partial charge in [-0.2, -0.15) is 8.42 Å². The second kappa shape index (κ2) is 9.37. The first-order chi connectivity index (χ1) is 16.2. The highest BCUT2D eigenvalue weighted by Gasteiger charge is 2.30. The number of sulfonamides is 1. The average molecular weight is 502 g/mol. The zero-order valence-electron chi connectivity index (χ0n) is 17.9. The van der Waals surface area contributed by atoms with Crippen molar-refractivity contribution in [3.05, 3.63) is 90.4 Å². The Bertz CT molecular complexity index is 1420. The van der Waals surface area contributed by atoms with E-state index in [0.717, 1.165) is 21.6 Å². The van der Waals surface area contributed by atoms with Crippen molar-refractivity contribution in [3.63, 3.8) is 0 Å². The van der Waals surface area contributed by atoms with Gasteiger partial charge in [-0.05, 0) is 53.8 Å². The van der Waals surface area contributed by atoms with E-state index < -0.39 is 26.1 Å². The third kappa shape index (κ3) is 5.16. The van der Waals surface area contributed by atoms with Gasteiger partial charge in [0, 0.05) is 6.54 Å². The average Bonchev–Trinajstić information content (AvgIpc) is 3.09. The van der Waals surface area contributed by atoms with E-state index in [1.807, 2.05) is 35.1 Å². The van der Waals surface area contributed by atoms with Crippen molar-refractivity contribution in [2.24, 2.45) is 0 Å². The van der Waals surface area contributed by atoms with Gasteiger partial charge in [0.15, 0.2) is 0 Å². The van der Waals surface area contributed by atoms with Crippen LogP contribution in [0.1, 0.15) is 12.0 Å². The molecule has 0 saturated carbocycles. The van der Waals surface area contributed by atoms with Crippen molar-refractivity contribution >= 4 is 25.9 Å². The Morgan fingerprint density at radius 2 is 1.59 bits per heavy atom. The Balaban J connectivity index is 1.34. The lowest BCUT2D eigenvalue weighted by molar-refractivity contribution is 0.392. The molecule has 1 aliphatic heterocycles. The van der Waals surface area contributed by atoms with Gasteiger partial charge in [-0.15, -0.1) is 0 Å². The van der Waals surface area contributed by atoms with Crippen LogP contribution in [0.3, 0.4) is 0 Å². The Hall–Kier alpha value is -3.54. The molecule has 1 aliphatic rings. The zero-order chi connectivity index (χ0) is 24.3. The van der Waals surface area contributed by atoms with E-state index in [-0.39, 0.29) is 22.9 Å². The molecule has 34 heavy (non-hydrogen) atoms. The monoisotopic (exact) mass is 501 g/mol. The maximum Gasteiger partial charge on any atom is 0.330 e. The minimum atomic E-state index is -4.00. The van der Waals surface area contributed by atoms with Crippen molar-refractivity contribution in [2.45, 2.75) is 17.7 Å². The Kier molecular flexibility index (Phi) is 6.51. The van der Waals surface area contributed by atoms with Crippen LogP contribution in [0.5, 0.6) is 5.75 Å². The molecule has 0 fully saturated rings. The Labute approximate surface area is 198 Å². The van der Waals surface area contributed by atoms with Gasteiger partial charge in [0.2, 0.25) is 15.9 Å². The largest absolute Gasteiger partial charge is 0.506 e. The van der Waals surface area contributed by atoms with Gasteiger partial charge < -0.3 is 10.2 Å². The standard InChI is InChI=1S/C23H23N3O6S2/c27-22-15-17(8-13-21(22)26-16-23(28)25-34(26,31)32)5-4-14-24-33(29,30)20-11-9-19(10-12-20)18-6-2-1-3-7-18/h1-3,6-13,15-16,24-25,27-28H,4-5,14H2. The van der Waals surface area contributed by atoms with E-state index in [9.17, 15) is 27.0 Å². The number of aryl methyl sites for hydroxylation is 1. The predicted molar refractivity (Wildman–Crippen MR) is 129 cm³/mol. The summed E-state index contributed by atoms with van der Waals surface area (Å²) in [6, 6.07) is 20.8. The smallest absolute Gasteiger partial charge is 0.330 e. The van der Waals surface area contributed by atoms with Crippen LogP contribution >= 0.6 is 0 Å². The summed E-state index contributed by atoms with van der Waals surface area (Å²) in [5.41, 5.74) is 2.61. The summed E-state index contributed by atoms with van der Waals surface area (Å²) in [6.07, 6.45) is 1.87. The lowest BCUT2D eigenvalue weighted by Gasteiger charge is -2.16. The van der Waals surface area contributed by atoms with Crippen LogP contribution in [0, 0.1) is 0 Å². The van der Waals surface area contributed by atoms with E-state index in [2.05, 4.69) is 4.72 Å². The van der Waals surface area contributed by atoms with Crippen molar-refractivity contribution in [1.82, 2.24) is 9.44 Å². The summed E-state index contributed by atoms with van der Waals surface area (Å²) < 4.78 is 54.3. The first-order valence-electron chi connectivity index (χ1n) is 10.4. The maximum absolute atomic E-state index is 12.6. The van der Waals surface area contributed by atoms with Crippen LogP contribution in [0.15, 0.2) is 89.8 Å². The van der Waals surface area contributed by atoms with Gasteiger partial charge in [0.05, 0.1) is 11.1 Å². The number of phenols is 1. The van der Waals surface area contributed by atoms with Gasteiger partial charge in [0.25, 0.3) is 0 Å². The number of phenolic OH excluding ortho intramolecular Hbond substituents is 1. The van der Waals surface area contributed by atoms with Crippen molar-refractivity contribution < 1.29 is 27.0 Å². The molecule has 4 rings (SSSR count). The van der Waals surface area contributed by atoms with Crippen molar-refractivity contribution in [2.75, 3.05) is 10.8 Å². The molecule has 9 nitrogen and oxygen atoms in total. The summed E-state index contributed by atoms with van der Waals surface area (Å²) in [6.45, 7) is 0.187. The van der Waals surface area contributed by atoms with Crippen LogP contribution in [0.25, 0.3) is 11.1 Å². The number of hydrogen-bond donors (Lipinski definition) is 4. The third-order valence-electron chi connectivity index (χ3n) is 5.22. The minimum absolute atomic E-state index is 0.0139. The quantitative estimate of drug-likeness (QED) is 0.351. The van der Waals surface area contributed by atoms with E-state index in [1.165, 1.54) is 12.1 Å². The predicted octanol–water partition coefficient (Wildman–Crippen LogP) is 2.98. The van der Waals surface area contributed by atoms with Gasteiger partial charge in [-0.3, -0.25) is 0 Å². The number of benzene rings is 3. The molecule has 0 bridgehead atoms. The van der Waals surface area contributed by atoms with Gasteiger partial charge >= 0.3 is 10.2 Å². The molecule has 0 aliphatic carbocycles. The first-order valence-corrected chi connectivity index (χ1v) is 13.3. The fourth-order valence-electron chi connectivity index (χ4n) is 3.54. The van der Waals surface area contributed by atoms with E-state index in [4.69, 9.17) is 0 Å². The molecule has 4 N–H and O–H groups in total. The number of hydrogen-bond acceptors (Lipinski definition) is 6. The fourth-order valence-corrected chi connectivity index (χ4v) is 5.68. The molecule has 1 heterocycles. The van der Waals surface area contributed by atoms with E-state index in [0.29, 0.717) is 18.4 Å². The molecule has 0 spiro atoms. The molecular weight excluding hydrogens is 478 g/mol. The highest BCUT2D eigenvalue weighted by molar-refractivity contribution is 7.91. The molecule has 3 aromatic carbocycles. The topological polar surface area (TPSA) is 136 Å². The molecule has 0 atom stereocenters. The molecule has 0 saturated heterocycles. The van der Waals surface area contributed by atoms with Crippen LogP contribution in [0.2, 0.25) is 0 Å². The molecule has 178 valence electrons. The number of nitrogens with one attached hydrogen (secondary N) is 2. The number of aliphatic hydroxyl groups excluding tert-OH is 1. The van der Waals surface area contributed by atoms with Crippen molar-refractivity contribution in [3.8, 4) is 16.9 Å². The van der Waals surface area contributed by atoms with Crippen LogP contribution in [-0.2, 0) is 26.7 Å². The lowest BCUT2D eigenvalue weighted by atomic mass is 10.1. The molecule has 3 aromatic rings.